The van der Waals surface area contributed by atoms with Crippen LogP contribution in [0.3, 0.4) is 0 Å². The number of rotatable bonds is 4. The van der Waals surface area contributed by atoms with Crippen molar-refractivity contribution in [2.75, 3.05) is 19.6 Å². The van der Waals surface area contributed by atoms with Crippen molar-refractivity contribution < 1.29 is 0 Å². The van der Waals surface area contributed by atoms with E-state index in [1.54, 1.807) is 0 Å². The lowest BCUT2D eigenvalue weighted by Gasteiger charge is -2.38. The lowest BCUT2D eigenvalue weighted by molar-refractivity contribution is 0.137. The van der Waals surface area contributed by atoms with Crippen LogP contribution in [0.1, 0.15) is 73.1 Å². The highest BCUT2D eigenvalue weighted by Crippen LogP contribution is 2.39. The summed E-state index contributed by atoms with van der Waals surface area (Å²) in [4.78, 5) is 2.62. The van der Waals surface area contributed by atoms with E-state index in [9.17, 15) is 0 Å². The van der Waals surface area contributed by atoms with Crippen LogP contribution in [0.2, 0.25) is 0 Å². The van der Waals surface area contributed by atoms with Crippen LogP contribution in [-0.2, 0) is 0 Å². The predicted octanol–water partition coefficient (Wildman–Crippen LogP) is 4.30. The third kappa shape index (κ3) is 5.25. The molecule has 0 bridgehead atoms. The van der Waals surface area contributed by atoms with Crippen LogP contribution >= 0.6 is 0 Å². The molecule has 0 aromatic heterocycles. The maximum absolute atomic E-state index is 3.88. The molecule has 0 radical (unpaired) electrons. The Kier molecular flexibility index (Phi) is 6.14. The van der Waals surface area contributed by atoms with E-state index in [0.717, 1.165) is 23.9 Å². The van der Waals surface area contributed by atoms with E-state index in [0.29, 0.717) is 5.41 Å². The molecule has 2 aliphatic rings. The van der Waals surface area contributed by atoms with Crippen LogP contribution in [-0.4, -0.2) is 36.6 Å². The van der Waals surface area contributed by atoms with E-state index in [1.807, 2.05) is 0 Å². The van der Waals surface area contributed by atoms with Crippen LogP contribution in [0.15, 0.2) is 0 Å². The van der Waals surface area contributed by atoms with Crippen molar-refractivity contribution >= 4 is 0 Å². The van der Waals surface area contributed by atoms with E-state index >= 15 is 0 Å². The highest BCUT2D eigenvalue weighted by Gasteiger charge is 2.30. The number of likely N-dealkylation sites (tertiary alicyclic amines) is 1. The van der Waals surface area contributed by atoms with E-state index in [-0.39, 0.29) is 0 Å². The summed E-state index contributed by atoms with van der Waals surface area (Å²) >= 11 is 0. The molecule has 0 amide bonds. The Bertz CT molecular complexity index is 289. The minimum Gasteiger partial charge on any atom is -0.314 e. The maximum atomic E-state index is 3.88. The molecule has 0 aromatic carbocycles. The molecule has 2 heteroatoms. The summed E-state index contributed by atoms with van der Waals surface area (Å²) in [6.07, 6.45) is 8.47. The second kappa shape index (κ2) is 7.46. The Balaban J connectivity index is 1.62. The second-order valence-electron chi connectivity index (χ2n) is 8.90. The molecule has 0 spiro atoms. The van der Waals surface area contributed by atoms with Crippen LogP contribution in [0.4, 0.5) is 0 Å². The van der Waals surface area contributed by atoms with Crippen LogP contribution < -0.4 is 5.32 Å². The molecule has 0 aromatic rings. The van der Waals surface area contributed by atoms with Gasteiger partial charge in [0.15, 0.2) is 0 Å². The van der Waals surface area contributed by atoms with Crippen molar-refractivity contribution in [3.05, 3.63) is 0 Å². The van der Waals surface area contributed by atoms with Crippen molar-refractivity contribution in [1.29, 1.82) is 0 Å². The zero-order valence-electron chi connectivity index (χ0n) is 15.1. The fourth-order valence-corrected chi connectivity index (χ4v) is 4.19. The molecule has 2 nitrogen and oxygen atoms in total. The summed E-state index contributed by atoms with van der Waals surface area (Å²) in [6, 6.07) is 1.50. The predicted molar refractivity (Wildman–Crippen MR) is 92.6 cm³/mol. The van der Waals surface area contributed by atoms with Gasteiger partial charge in [-0.1, -0.05) is 20.8 Å². The van der Waals surface area contributed by atoms with Gasteiger partial charge >= 0.3 is 0 Å². The topological polar surface area (TPSA) is 15.3 Å². The zero-order valence-corrected chi connectivity index (χ0v) is 15.1. The van der Waals surface area contributed by atoms with Gasteiger partial charge in [-0.25, -0.2) is 0 Å². The molecule has 124 valence electrons. The number of hydrogen-bond acceptors (Lipinski definition) is 2. The molecule has 0 atom stereocenters. The van der Waals surface area contributed by atoms with Crippen molar-refractivity contribution in [3.63, 3.8) is 0 Å². The van der Waals surface area contributed by atoms with E-state index in [1.165, 1.54) is 58.2 Å². The number of hydrogen-bond donors (Lipinski definition) is 1. The first-order valence-corrected chi connectivity index (χ1v) is 9.33. The van der Waals surface area contributed by atoms with Crippen molar-refractivity contribution in [3.8, 4) is 0 Å². The fraction of sp³-hybridized carbons (Fsp3) is 1.00. The first kappa shape index (κ1) is 17.3. The minimum atomic E-state index is 0.516. The molecule has 1 heterocycles. The number of nitrogens with one attached hydrogen (secondary N) is 1. The first-order chi connectivity index (χ1) is 9.86. The molecular formula is C19H38N2. The number of nitrogens with zero attached hydrogens (tertiary/aromatic N) is 1. The Morgan fingerprint density at radius 3 is 2.00 bits per heavy atom. The normalized spacial score (nSPS) is 30.0. The van der Waals surface area contributed by atoms with Gasteiger partial charge in [-0.05, 0) is 89.3 Å². The quantitative estimate of drug-likeness (QED) is 0.831. The van der Waals surface area contributed by atoms with Gasteiger partial charge in [-0.2, -0.15) is 0 Å². The van der Waals surface area contributed by atoms with Crippen molar-refractivity contribution in [2.24, 2.45) is 17.3 Å². The third-order valence-electron chi connectivity index (χ3n) is 6.03. The maximum Gasteiger partial charge on any atom is 0.00915 e. The Hall–Kier alpha value is -0.0800. The van der Waals surface area contributed by atoms with Crippen molar-refractivity contribution in [1.82, 2.24) is 10.2 Å². The van der Waals surface area contributed by atoms with Gasteiger partial charge in [-0.15, -0.1) is 0 Å². The molecule has 1 aliphatic heterocycles. The molecular weight excluding hydrogens is 256 g/mol. The Morgan fingerprint density at radius 2 is 1.52 bits per heavy atom. The third-order valence-corrected chi connectivity index (χ3v) is 6.03. The van der Waals surface area contributed by atoms with E-state index in [4.69, 9.17) is 0 Å². The van der Waals surface area contributed by atoms with Gasteiger partial charge in [0.25, 0.3) is 0 Å². The summed E-state index contributed by atoms with van der Waals surface area (Å²) in [5.41, 5.74) is 0.516. The lowest BCUT2D eigenvalue weighted by Crippen LogP contribution is -2.46. The highest BCUT2D eigenvalue weighted by molar-refractivity contribution is 4.83. The number of piperidine rings is 1. The molecule has 1 N–H and O–H groups in total. The molecule has 0 unspecified atom stereocenters. The smallest absolute Gasteiger partial charge is 0.00915 e. The van der Waals surface area contributed by atoms with E-state index < -0.39 is 0 Å². The molecule has 2 rings (SSSR count). The molecule has 1 aliphatic carbocycles. The standard InChI is InChI=1S/C19H38N2/c1-15(2)21-12-10-18(11-13-21)20-14-16-6-8-17(9-7-16)19(3,4)5/h15-18,20H,6-14H2,1-5H3. The first-order valence-electron chi connectivity index (χ1n) is 9.33. The SMILES string of the molecule is CC(C)N1CCC(NCC2CCC(C(C)(C)C)CC2)CC1. The molecule has 21 heavy (non-hydrogen) atoms. The van der Waals surface area contributed by atoms with Crippen LogP contribution in [0.5, 0.6) is 0 Å². The second-order valence-corrected chi connectivity index (χ2v) is 8.90. The largest absolute Gasteiger partial charge is 0.314 e. The summed E-state index contributed by atoms with van der Waals surface area (Å²) < 4.78 is 0. The summed E-state index contributed by atoms with van der Waals surface area (Å²) in [5, 5.41) is 3.88. The van der Waals surface area contributed by atoms with E-state index in [2.05, 4.69) is 44.8 Å². The summed E-state index contributed by atoms with van der Waals surface area (Å²) in [6.45, 7) is 15.7. The minimum absolute atomic E-state index is 0.516. The van der Waals surface area contributed by atoms with Gasteiger partial charge in [0.2, 0.25) is 0 Å². The van der Waals surface area contributed by atoms with Crippen molar-refractivity contribution in [2.45, 2.75) is 85.2 Å². The van der Waals surface area contributed by atoms with Gasteiger partial charge in [0.1, 0.15) is 0 Å². The van der Waals surface area contributed by atoms with Gasteiger partial charge in [-0.3, -0.25) is 0 Å². The van der Waals surface area contributed by atoms with Crippen LogP contribution in [0.25, 0.3) is 0 Å². The molecule has 1 saturated carbocycles. The van der Waals surface area contributed by atoms with Gasteiger partial charge in [0.05, 0.1) is 0 Å². The average molecular weight is 295 g/mol. The lowest BCUT2D eigenvalue weighted by atomic mass is 9.70. The summed E-state index contributed by atoms with van der Waals surface area (Å²) in [7, 11) is 0. The fourth-order valence-electron chi connectivity index (χ4n) is 4.19. The average Bonchev–Trinajstić information content (AvgIpc) is 2.45. The molecule has 2 fully saturated rings. The summed E-state index contributed by atoms with van der Waals surface area (Å²) in [5.74, 6) is 1.88. The Morgan fingerprint density at radius 1 is 0.952 bits per heavy atom. The van der Waals surface area contributed by atoms with Gasteiger partial charge < -0.3 is 10.2 Å². The zero-order chi connectivity index (χ0) is 15.5. The molecule has 1 saturated heterocycles. The monoisotopic (exact) mass is 294 g/mol. The Labute approximate surface area is 133 Å². The van der Waals surface area contributed by atoms with Crippen LogP contribution in [0, 0.1) is 17.3 Å². The highest BCUT2D eigenvalue weighted by atomic mass is 15.2. The van der Waals surface area contributed by atoms with Gasteiger partial charge in [0, 0.05) is 12.1 Å².